The minimum Gasteiger partial charge on any atom is -0.405 e. The van der Waals surface area contributed by atoms with Gasteiger partial charge in [-0.3, -0.25) is 4.79 Å². The first-order valence-electron chi connectivity index (χ1n) is 6.25. The van der Waals surface area contributed by atoms with Crippen LogP contribution in [-0.4, -0.2) is 18.3 Å². The number of halogens is 4. The number of anilines is 1. The molecular formula is C13H16BrF3N2O2. The van der Waals surface area contributed by atoms with Crippen LogP contribution >= 0.6 is 15.9 Å². The fourth-order valence-corrected chi connectivity index (χ4v) is 1.98. The summed E-state index contributed by atoms with van der Waals surface area (Å²) >= 11 is 2.96. The average Bonchev–Trinajstić information content (AvgIpc) is 2.38. The van der Waals surface area contributed by atoms with Crippen molar-refractivity contribution in [3.63, 3.8) is 0 Å². The molecule has 0 spiro atoms. The summed E-state index contributed by atoms with van der Waals surface area (Å²) in [4.78, 5) is 11.9. The van der Waals surface area contributed by atoms with E-state index in [4.69, 9.17) is 5.73 Å². The quantitative estimate of drug-likeness (QED) is 0.833. The summed E-state index contributed by atoms with van der Waals surface area (Å²) in [5.74, 6) is -0.770. The monoisotopic (exact) mass is 368 g/mol. The number of hydrogen-bond donors (Lipinski definition) is 2. The number of nitrogens with two attached hydrogens (primary N) is 1. The van der Waals surface area contributed by atoms with Crippen LogP contribution in [0.2, 0.25) is 0 Å². The van der Waals surface area contributed by atoms with Crippen LogP contribution in [0.4, 0.5) is 18.9 Å². The maximum absolute atomic E-state index is 12.1. The highest BCUT2D eigenvalue weighted by atomic mass is 79.9. The maximum atomic E-state index is 12.1. The van der Waals surface area contributed by atoms with Crippen molar-refractivity contribution in [1.29, 1.82) is 0 Å². The fraction of sp³-hybridized carbons (Fsp3) is 0.462. The lowest BCUT2D eigenvalue weighted by Gasteiger charge is -2.18. The molecule has 1 unspecified atom stereocenters. The predicted molar refractivity (Wildman–Crippen MR) is 76.9 cm³/mol. The Morgan fingerprint density at radius 3 is 2.57 bits per heavy atom. The second-order valence-corrected chi connectivity index (χ2v) is 5.45. The lowest BCUT2D eigenvalue weighted by atomic mass is 9.99. The molecule has 118 valence electrons. The van der Waals surface area contributed by atoms with Crippen molar-refractivity contribution in [1.82, 2.24) is 0 Å². The van der Waals surface area contributed by atoms with Gasteiger partial charge < -0.3 is 15.8 Å². The Morgan fingerprint density at radius 1 is 1.48 bits per heavy atom. The molecule has 2 atom stereocenters. The highest BCUT2D eigenvalue weighted by Crippen LogP contribution is 2.32. The molecule has 8 heteroatoms. The minimum absolute atomic E-state index is 0.00118. The molecule has 3 N–H and O–H groups in total. The van der Waals surface area contributed by atoms with Crippen molar-refractivity contribution in [2.24, 2.45) is 11.7 Å². The van der Waals surface area contributed by atoms with E-state index in [9.17, 15) is 18.0 Å². The van der Waals surface area contributed by atoms with Gasteiger partial charge in [0.15, 0.2) is 0 Å². The van der Waals surface area contributed by atoms with E-state index in [1.54, 1.807) is 0 Å². The summed E-state index contributed by atoms with van der Waals surface area (Å²) < 4.78 is 40.3. The molecule has 1 rings (SSSR count). The average molecular weight is 369 g/mol. The van der Waals surface area contributed by atoms with Crippen LogP contribution in [0.5, 0.6) is 5.75 Å². The number of rotatable bonds is 5. The molecule has 0 heterocycles. The van der Waals surface area contributed by atoms with Crippen LogP contribution in [0.1, 0.15) is 20.3 Å². The third kappa shape index (κ3) is 5.55. The van der Waals surface area contributed by atoms with Gasteiger partial charge in [0.2, 0.25) is 5.91 Å². The van der Waals surface area contributed by atoms with Crippen molar-refractivity contribution in [2.45, 2.75) is 32.7 Å². The van der Waals surface area contributed by atoms with Gasteiger partial charge in [0.1, 0.15) is 5.75 Å². The zero-order valence-electron chi connectivity index (χ0n) is 11.5. The van der Waals surface area contributed by atoms with Gasteiger partial charge in [0.25, 0.3) is 0 Å². The third-order valence-electron chi connectivity index (χ3n) is 2.98. The molecule has 4 nitrogen and oxygen atoms in total. The summed E-state index contributed by atoms with van der Waals surface area (Å²) in [5, 5.41) is 2.56. The van der Waals surface area contributed by atoms with Gasteiger partial charge >= 0.3 is 6.36 Å². The van der Waals surface area contributed by atoms with Gasteiger partial charge in [0, 0.05) is 5.69 Å². The number of carbonyl (C=O) groups is 1. The number of ether oxygens (including phenoxy) is 1. The molecule has 1 aromatic rings. The summed E-state index contributed by atoms with van der Waals surface area (Å²) in [7, 11) is 0. The molecule has 0 aliphatic carbocycles. The highest BCUT2D eigenvalue weighted by Gasteiger charge is 2.32. The Hall–Kier alpha value is -1.28. The van der Waals surface area contributed by atoms with Crippen LogP contribution in [0.15, 0.2) is 22.7 Å². The molecule has 0 saturated carbocycles. The Bertz CT molecular complexity index is 509. The number of hydrogen-bond acceptors (Lipinski definition) is 3. The van der Waals surface area contributed by atoms with E-state index in [-0.39, 0.29) is 22.0 Å². The molecule has 1 amide bonds. The van der Waals surface area contributed by atoms with Gasteiger partial charge in [-0.2, -0.15) is 0 Å². The smallest absolute Gasteiger partial charge is 0.405 e. The van der Waals surface area contributed by atoms with E-state index in [1.807, 2.05) is 13.8 Å². The molecule has 0 aliphatic rings. The fourth-order valence-electron chi connectivity index (χ4n) is 1.52. The van der Waals surface area contributed by atoms with E-state index in [0.29, 0.717) is 5.69 Å². The summed E-state index contributed by atoms with van der Waals surface area (Å²) in [5.41, 5.74) is 6.11. The number of carbonyl (C=O) groups excluding carboxylic acids is 1. The third-order valence-corrected chi connectivity index (χ3v) is 3.60. The largest absolute Gasteiger partial charge is 0.573 e. The van der Waals surface area contributed by atoms with E-state index < -0.39 is 12.4 Å². The van der Waals surface area contributed by atoms with Gasteiger partial charge in [-0.15, -0.1) is 13.2 Å². The Balaban J connectivity index is 2.78. The Morgan fingerprint density at radius 2 is 2.10 bits per heavy atom. The predicted octanol–water partition coefficient (Wildman–Crippen LogP) is 3.66. The van der Waals surface area contributed by atoms with Crippen molar-refractivity contribution < 1.29 is 22.7 Å². The van der Waals surface area contributed by atoms with E-state index in [0.717, 1.165) is 12.5 Å². The number of nitrogens with one attached hydrogen (secondary N) is 1. The van der Waals surface area contributed by atoms with Gasteiger partial charge in [-0.25, -0.2) is 0 Å². The van der Waals surface area contributed by atoms with Gasteiger partial charge in [-0.05, 0) is 40.0 Å². The number of benzene rings is 1. The van der Waals surface area contributed by atoms with E-state index in [2.05, 4.69) is 26.0 Å². The molecule has 0 bridgehead atoms. The van der Waals surface area contributed by atoms with Crippen LogP contribution in [-0.2, 0) is 4.79 Å². The zero-order chi connectivity index (χ0) is 16.2. The summed E-state index contributed by atoms with van der Waals surface area (Å²) in [6, 6.07) is 3.07. The highest BCUT2D eigenvalue weighted by molar-refractivity contribution is 9.10. The first-order chi connectivity index (χ1) is 9.64. The maximum Gasteiger partial charge on any atom is 0.573 e. The van der Waals surface area contributed by atoms with Crippen molar-refractivity contribution in [2.75, 3.05) is 5.32 Å². The summed E-state index contributed by atoms with van der Waals surface area (Å²) in [6.45, 7) is 3.76. The Labute approximate surface area is 129 Å². The van der Waals surface area contributed by atoms with Crippen LogP contribution in [0.25, 0.3) is 0 Å². The van der Waals surface area contributed by atoms with Crippen LogP contribution < -0.4 is 15.8 Å². The van der Waals surface area contributed by atoms with Gasteiger partial charge in [-0.1, -0.05) is 20.3 Å². The molecule has 21 heavy (non-hydrogen) atoms. The standard InChI is InChI=1S/C13H16BrF3N2O2/c1-3-7(2)11(18)12(20)19-8-4-5-10(9(14)6-8)21-13(15,16)17/h4-7,11H,3,18H2,1-2H3,(H,19,20)/t7?,11-/m0/s1. The van der Waals surface area contributed by atoms with Crippen molar-refractivity contribution in [3.05, 3.63) is 22.7 Å². The lowest BCUT2D eigenvalue weighted by Crippen LogP contribution is -2.40. The van der Waals surface area contributed by atoms with Crippen molar-refractivity contribution >= 4 is 27.5 Å². The van der Waals surface area contributed by atoms with E-state index in [1.165, 1.54) is 12.1 Å². The van der Waals surface area contributed by atoms with Crippen LogP contribution in [0.3, 0.4) is 0 Å². The molecule has 0 saturated heterocycles. The normalized spacial score (nSPS) is 14.4. The minimum atomic E-state index is -4.77. The lowest BCUT2D eigenvalue weighted by molar-refractivity contribution is -0.274. The first kappa shape index (κ1) is 17.8. The molecular weight excluding hydrogens is 353 g/mol. The summed E-state index contributed by atoms with van der Waals surface area (Å²) in [6.07, 6.45) is -4.02. The molecule has 0 aromatic heterocycles. The molecule has 0 radical (unpaired) electrons. The van der Waals surface area contributed by atoms with Crippen molar-refractivity contribution in [3.8, 4) is 5.75 Å². The molecule has 1 aromatic carbocycles. The molecule has 0 aliphatic heterocycles. The number of alkyl halides is 3. The Kier molecular flexibility index (Phi) is 6.03. The van der Waals surface area contributed by atoms with Crippen LogP contribution in [0, 0.1) is 5.92 Å². The second-order valence-electron chi connectivity index (χ2n) is 4.59. The molecule has 0 fully saturated rings. The second kappa shape index (κ2) is 7.13. The zero-order valence-corrected chi connectivity index (χ0v) is 13.1. The SMILES string of the molecule is CCC(C)[C@H](N)C(=O)Nc1ccc(OC(F)(F)F)c(Br)c1. The topological polar surface area (TPSA) is 64.4 Å². The van der Waals surface area contributed by atoms with Gasteiger partial charge in [0.05, 0.1) is 10.5 Å². The van der Waals surface area contributed by atoms with E-state index >= 15 is 0 Å². The number of amides is 1. The first-order valence-corrected chi connectivity index (χ1v) is 7.05.